The SMILES string of the molecule is COC(=O)c1cn(CCCN2CCN(c3ccccc3O)CC2)c2ccccc12. The minimum absolute atomic E-state index is 0.291. The van der Waals surface area contributed by atoms with Crippen LogP contribution in [0.15, 0.2) is 54.7 Å². The van der Waals surface area contributed by atoms with Crippen LogP contribution in [0.4, 0.5) is 5.69 Å². The Kier molecular flexibility index (Phi) is 5.71. The molecule has 0 atom stereocenters. The minimum Gasteiger partial charge on any atom is -0.506 e. The van der Waals surface area contributed by atoms with Crippen LogP contribution in [0.5, 0.6) is 5.75 Å². The molecule has 0 aliphatic carbocycles. The van der Waals surface area contributed by atoms with E-state index in [0.29, 0.717) is 11.3 Å². The fourth-order valence-electron chi connectivity index (χ4n) is 4.11. The van der Waals surface area contributed by atoms with Crippen LogP contribution in [0, 0.1) is 0 Å². The molecule has 1 aliphatic rings. The van der Waals surface area contributed by atoms with Crippen molar-refractivity contribution in [3.63, 3.8) is 0 Å². The summed E-state index contributed by atoms with van der Waals surface area (Å²) < 4.78 is 7.08. The summed E-state index contributed by atoms with van der Waals surface area (Å²) in [4.78, 5) is 16.8. The van der Waals surface area contributed by atoms with E-state index in [2.05, 4.69) is 14.4 Å². The molecule has 152 valence electrons. The van der Waals surface area contributed by atoms with Crippen molar-refractivity contribution < 1.29 is 14.6 Å². The Labute approximate surface area is 170 Å². The maximum atomic E-state index is 12.1. The molecule has 1 N–H and O–H groups in total. The van der Waals surface area contributed by atoms with Gasteiger partial charge in [0.2, 0.25) is 0 Å². The number of rotatable bonds is 6. The van der Waals surface area contributed by atoms with Gasteiger partial charge in [-0.3, -0.25) is 4.90 Å². The number of fused-ring (bicyclic) bond motifs is 1. The summed E-state index contributed by atoms with van der Waals surface area (Å²) in [7, 11) is 1.42. The zero-order chi connectivity index (χ0) is 20.2. The van der Waals surface area contributed by atoms with E-state index in [-0.39, 0.29) is 5.97 Å². The highest BCUT2D eigenvalue weighted by molar-refractivity contribution is 6.04. The number of ether oxygens (including phenoxy) is 1. The Morgan fingerprint density at radius 1 is 1.00 bits per heavy atom. The first-order valence-electron chi connectivity index (χ1n) is 10.1. The third-order valence-electron chi connectivity index (χ3n) is 5.66. The second-order valence-corrected chi connectivity index (χ2v) is 7.42. The van der Waals surface area contributed by atoms with E-state index >= 15 is 0 Å². The van der Waals surface area contributed by atoms with Crippen LogP contribution < -0.4 is 4.90 Å². The maximum Gasteiger partial charge on any atom is 0.340 e. The molecular weight excluding hydrogens is 366 g/mol. The average Bonchev–Trinajstić information content (AvgIpc) is 3.13. The number of aromatic hydroxyl groups is 1. The molecule has 2 aromatic carbocycles. The van der Waals surface area contributed by atoms with Crippen LogP contribution in [-0.2, 0) is 11.3 Å². The van der Waals surface area contributed by atoms with Crippen molar-refractivity contribution in [2.45, 2.75) is 13.0 Å². The highest BCUT2D eigenvalue weighted by atomic mass is 16.5. The number of aryl methyl sites for hydroxylation is 1. The minimum atomic E-state index is -0.291. The number of carbonyl (C=O) groups is 1. The van der Waals surface area contributed by atoms with Crippen LogP contribution >= 0.6 is 0 Å². The van der Waals surface area contributed by atoms with Crippen molar-refractivity contribution >= 4 is 22.6 Å². The summed E-state index contributed by atoms with van der Waals surface area (Å²) in [5, 5.41) is 11.0. The monoisotopic (exact) mass is 393 g/mol. The lowest BCUT2D eigenvalue weighted by molar-refractivity contribution is 0.0602. The predicted octanol–water partition coefficient (Wildman–Crippen LogP) is 3.35. The number of esters is 1. The molecule has 1 aliphatic heterocycles. The van der Waals surface area contributed by atoms with Crippen molar-refractivity contribution in [3.8, 4) is 5.75 Å². The van der Waals surface area contributed by atoms with Crippen molar-refractivity contribution in [2.75, 3.05) is 44.7 Å². The average molecular weight is 393 g/mol. The first-order valence-corrected chi connectivity index (χ1v) is 10.1. The topological polar surface area (TPSA) is 57.9 Å². The number of piperazine rings is 1. The number of benzene rings is 2. The van der Waals surface area contributed by atoms with E-state index in [1.165, 1.54) is 7.11 Å². The van der Waals surface area contributed by atoms with Gasteiger partial charge in [0.15, 0.2) is 0 Å². The van der Waals surface area contributed by atoms with Crippen molar-refractivity contribution in [3.05, 3.63) is 60.3 Å². The van der Waals surface area contributed by atoms with Gasteiger partial charge < -0.3 is 19.3 Å². The van der Waals surface area contributed by atoms with Crippen LogP contribution in [0.25, 0.3) is 10.9 Å². The number of aromatic nitrogens is 1. The van der Waals surface area contributed by atoms with Gasteiger partial charge in [-0.2, -0.15) is 0 Å². The molecule has 3 aromatic rings. The number of hydrogen-bond donors (Lipinski definition) is 1. The molecule has 6 heteroatoms. The highest BCUT2D eigenvalue weighted by Crippen LogP contribution is 2.27. The van der Waals surface area contributed by atoms with Crippen LogP contribution in [0.1, 0.15) is 16.8 Å². The third kappa shape index (κ3) is 4.07. The molecule has 6 nitrogen and oxygen atoms in total. The van der Waals surface area contributed by atoms with Gasteiger partial charge in [0.05, 0.1) is 18.4 Å². The van der Waals surface area contributed by atoms with E-state index in [1.54, 1.807) is 6.07 Å². The molecule has 0 spiro atoms. The van der Waals surface area contributed by atoms with E-state index in [4.69, 9.17) is 4.74 Å². The number of nitrogens with zero attached hydrogens (tertiary/aromatic N) is 3. The molecule has 0 amide bonds. The molecule has 4 rings (SSSR count). The number of phenols is 1. The van der Waals surface area contributed by atoms with Gasteiger partial charge in [-0.15, -0.1) is 0 Å². The van der Waals surface area contributed by atoms with E-state index in [9.17, 15) is 9.90 Å². The maximum absolute atomic E-state index is 12.1. The van der Waals surface area contributed by atoms with Crippen LogP contribution in [-0.4, -0.2) is 60.4 Å². The van der Waals surface area contributed by atoms with Gasteiger partial charge >= 0.3 is 5.97 Å². The zero-order valence-electron chi connectivity index (χ0n) is 16.8. The normalized spacial score (nSPS) is 15.0. The number of anilines is 1. The van der Waals surface area contributed by atoms with Gasteiger partial charge in [0.25, 0.3) is 0 Å². The molecule has 1 aromatic heterocycles. The second-order valence-electron chi connectivity index (χ2n) is 7.42. The van der Waals surface area contributed by atoms with Gasteiger partial charge in [0, 0.05) is 49.8 Å². The van der Waals surface area contributed by atoms with E-state index < -0.39 is 0 Å². The summed E-state index contributed by atoms with van der Waals surface area (Å²) in [6.07, 6.45) is 2.92. The summed E-state index contributed by atoms with van der Waals surface area (Å²) in [5.74, 6) is 0.0575. The molecule has 1 saturated heterocycles. The van der Waals surface area contributed by atoms with E-state index in [0.717, 1.165) is 62.3 Å². The largest absolute Gasteiger partial charge is 0.506 e. The lowest BCUT2D eigenvalue weighted by Gasteiger charge is -2.36. The quantitative estimate of drug-likeness (QED) is 0.651. The molecule has 2 heterocycles. The lowest BCUT2D eigenvalue weighted by Crippen LogP contribution is -2.46. The fraction of sp³-hybridized carbons (Fsp3) is 0.348. The lowest BCUT2D eigenvalue weighted by atomic mass is 10.2. The highest BCUT2D eigenvalue weighted by Gasteiger charge is 2.19. The first-order chi connectivity index (χ1) is 14.2. The number of phenolic OH excluding ortho intramolecular Hbond substituents is 1. The molecule has 0 saturated carbocycles. The smallest absolute Gasteiger partial charge is 0.340 e. The van der Waals surface area contributed by atoms with Gasteiger partial charge in [-0.05, 0) is 31.2 Å². The molecule has 0 unspecified atom stereocenters. The number of para-hydroxylation sites is 3. The molecular formula is C23H27N3O3. The summed E-state index contributed by atoms with van der Waals surface area (Å²) in [5.41, 5.74) is 2.61. The van der Waals surface area contributed by atoms with Crippen molar-refractivity contribution in [1.29, 1.82) is 0 Å². The van der Waals surface area contributed by atoms with Crippen molar-refractivity contribution in [2.24, 2.45) is 0 Å². The van der Waals surface area contributed by atoms with E-state index in [1.807, 2.05) is 48.7 Å². The molecule has 0 radical (unpaired) electrons. The molecule has 0 bridgehead atoms. The van der Waals surface area contributed by atoms with Gasteiger partial charge in [0.1, 0.15) is 5.75 Å². The zero-order valence-corrected chi connectivity index (χ0v) is 16.8. The Morgan fingerprint density at radius 3 is 2.48 bits per heavy atom. The molecule has 29 heavy (non-hydrogen) atoms. The Hall–Kier alpha value is -2.99. The van der Waals surface area contributed by atoms with Gasteiger partial charge in [-0.1, -0.05) is 30.3 Å². The van der Waals surface area contributed by atoms with Crippen molar-refractivity contribution in [1.82, 2.24) is 9.47 Å². The van der Waals surface area contributed by atoms with Crippen LogP contribution in [0.3, 0.4) is 0 Å². The third-order valence-corrected chi connectivity index (χ3v) is 5.66. The summed E-state index contributed by atoms with van der Waals surface area (Å²) >= 11 is 0. The Bertz CT molecular complexity index is 990. The predicted molar refractivity (Wildman–Crippen MR) is 115 cm³/mol. The number of methoxy groups -OCH3 is 1. The Balaban J connectivity index is 1.34. The Morgan fingerprint density at radius 2 is 1.72 bits per heavy atom. The van der Waals surface area contributed by atoms with Crippen LogP contribution in [0.2, 0.25) is 0 Å². The second kappa shape index (κ2) is 8.57. The molecule has 1 fully saturated rings. The standard InChI is InChI=1S/C23H27N3O3/c1-29-23(28)19-17-26(20-8-3-2-7-18(19)20)12-6-11-24-13-15-25(16-14-24)21-9-4-5-10-22(21)27/h2-5,7-10,17,27H,6,11-16H2,1H3. The summed E-state index contributed by atoms with van der Waals surface area (Å²) in [6.45, 7) is 5.65. The number of hydrogen-bond acceptors (Lipinski definition) is 5. The fourth-order valence-corrected chi connectivity index (χ4v) is 4.11. The first kappa shape index (κ1) is 19.3. The number of carbonyl (C=O) groups excluding carboxylic acids is 1. The summed E-state index contributed by atoms with van der Waals surface area (Å²) in [6, 6.07) is 15.5. The van der Waals surface area contributed by atoms with Gasteiger partial charge in [-0.25, -0.2) is 4.79 Å².